The molecule has 0 spiro atoms. The Kier molecular flexibility index (Phi) is 4.03. The number of rotatable bonds is 2. The highest BCUT2D eigenvalue weighted by atomic mass is 19.1. The minimum absolute atomic E-state index is 0.0143. The number of fused-ring (bicyclic) bond motifs is 3. The Morgan fingerprint density at radius 1 is 1.15 bits per heavy atom. The molecule has 0 saturated heterocycles. The maximum atomic E-state index is 13.7. The van der Waals surface area contributed by atoms with E-state index in [-0.39, 0.29) is 17.3 Å². The molecule has 2 aromatic carbocycles. The van der Waals surface area contributed by atoms with Crippen LogP contribution in [-0.2, 0) is 11.2 Å². The number of nitrogens with zero attached hydrogens (tertiary/aromatic N) is 1. The van der Waals surface area contributed by atoms with Crippen LogP contribution in [0.1, 0.15) is 27.2 Å². The number of amides is 1. The summed E-state index contributed by atoms with van der Waals surface area (Å²) in [4.78, 5) is 29.2. The first-order chi connectivity index (χ1) is 12.9. The largest absolute Gasteiger partial charge is 0.478 e. The van der Waals surface area contributed by atoms with Crippen LogP contribution in [-0.4, -0.2) is 33.4 Å². The zero-order valence-corrected chi connectivity index (χ0v) is 14.6. The molecule has 0 atom stereocenters. The van der Waals surface area contributed by atoms with Crippen molar-refractivity contribution < 1.29 is 19.1 Å². The standard InChI is InChI=1S/C21H17FN2O3/c1-12-2-4-13(5-3-12)20(25)24-9-8-15-16-10-14(22)6-7-18(16)23-19(15)17(11-24)21(26)27/h2-7,10-11,23H,8-9H2,1H3,(H,26,27). The van der Waals surface area contributed by atoms with E-state index in [0.29, 0.717) is 40.7 Å². The van der Waals surface area contributed by atoms with Crippen LogP contribution in [0.4, 0.5) is 4.39 Å². The molecule has 0 aliphatic carbocycles. The number of nitrogens with one attached hydrogen (secondary N) is 1. The molecule has 0 saturated carbocycles. The zero-order valence-electron chi connectivity index (χ0n) is 14.6. The van der Waals surface area contributed by atoms with Gasteiger partial charge in [0, 0.05) is 29.2 Å². The molecule has 1 aromatic heterocycles. The minimum Gasteiger partial charge on any atom is -0.478 e. The van der Waals surface area contributed by atoms with E-state index in [0.717, 1.165) is 5.56 Å². The summed E-state index contributed by atoms with van der Waals surface area (Å²) in [6.45, 7) is 2.24. The van der Waals surface area contributed by atoms with E-state index in [4.69, 9.17) is 0 Å². The zero-order chi connectivity index (χ0) is 19.1. The summed E-state index contributed by atoms with van der Waals surface area (Å²) < 4.78 is 13.7. The highest BCUT2D eigenvalue weighted by Gasteiger charge is 2.26. The second-order valence-electron chi connectivity index (χ2n) is 6.63. The number of carboxylic acid groups (broad SMARTS) is 1. The number of hydrogen-bond donors (Lipinski definition) is 2. The van der Waals surface area contributed by atoms with Crippen LogP contribution in [0.15, 0.2) is 48.7 Å². The van der Waals surface area contributed by atoms with Crippen molar-refractivity contribution in [3.63, 3.8) is 0 Å². The molecule has 0 bridgehead atoms. The van der Waals surface area contributed by atoms with Gasteiger partial charge in [-0.1, -0.05) is 17.7 Å². The minimum atomic E-state index is -1.15. The molecule has 5 nitrogen and oxygen atoms in total. The number of aryl methyl sites for hydroxylation is 1. The van der Waals surface area contributed by atoms with E-state index in [1.807, 2.05) is 19.1 Å². The highest BCUT2D eigenvalue weighted by molar-refractivity contribution is 6.17. The van der Waals surface area contributed by atoms with Gasteiger partial charge in [-0.05, 0) is 49.2 Å². The Morgan fingerprint density at radius 3 is 2.59 bits per heavy atom. The molecule has 1 aliphatic heterocycles. The number of halogens is 1. The van der Waals surface area contributed by atoms with Crippen molar-refractivity contribution in [2.45, 2.75) is 13.3 Å². The van der Waals surface area contributed by atoms with Crippen LogP contribution in [0.5, 0.6) is 0 Å². The Balaban J connectivity index is 1.79. The Hall–Kier alpha value is -3.41. The average molecular weight is 364 g/mol. The quantitative estimate of drug-likeness (QED) is 0.728. The van der Waals surface area contributed by atoms with Crippen molar-refractivity contribution in [2.75, 3.05) is 6.54 Å². The molecule has 3 aromatic rings. The molecule has 27 heavy (non-hydrogen) atoms. The SMILES string of the molecule is Cc1ccc(C(=O)N2C=C(C(=O)O)c3[nH]c4ccc(F)cc4c3CC2)cc1. The topological polar surface area (TPSA) is 73.4 Å². The molecule has 2 heterocycles. The predicted molar refractivity (Wildman–Crippen MR) is 99.8 cm³/mol. The summed E-state index contributed by atoms with van der Waals surface area (Å²) in [5.41, 5.74) is 3.31. The molecule has 0 fully saturated rings. The number of hydrogen-bond acceptors (Lipinski definition) is 2. The van der Waals surface area contributed by atoms with Gasteiger partial charge in [-0.25, -0.2) is 9.18 Å². The van der Waals surface area contributed by atoms with Gasteiger partial charge in [-0.3, -0.25) is 4.79 Å². The third-order valence-corrected chi connectivity index (χ3v) is 4.81. The van der Waals surface area contributed by atoms with Crippen molar-refractivity contribution in [1.82, 2.24) is 9.88 Å². The summed E-state index contributed by atoms with van der Waals surface area (Å²) in [6, 6.07) is 11.4. The highest BCUT2D eigenvalue weighted by Crippen LogP contribution is 2.31. The molecule has 4 rings (SSSR count). The van der Waals surface area contributed by atoms with E-state index >= 15 is 0 Å². The molecule has 136 valence electrons. The molecular weight excluding hydrogens is 347 g/mol. The average Bonchev–Trinajstić information content (AvgIpc) is 2.87. The third-order valence-electron chi connectivity index (χ3n) is 4.81. The number of carboxylic acids is 1. The summed E-state index contributed by atoms with van der Waals surface area (Å²) >= 11 is 0. The lowest BCUT2D eigenvalue weighted by Gasteiger charge is -2.17. The number of aromatic amines is 1. The van der Waals surface area contributed by atoms with Gasteiger partial charge in [0.15, 0.2) is 0 Å². The normalized spacial score (nSPS) is 13.9. The van der Waals surface area contributed by atoms with Crippen LogP contribution in [0.3, 0.4) is 0 Å². The van der Waals surface area contributed by atoms with Crippen molar-refractivity contribution in [2.24, 2.45) is 0 Å². The Bertz CT molecular complexity index is 1100. The molecule has 1 amide bonds. The smallest absolute Gasteiger partial charge is 0.339 e. The number of benzene rings is 2. The number of H-pyrrole nitrogens is 1. The van der Waals surface area contributed by atoms with E-state index in [9.17, 15) is 19.1 Å². The maximum Gasteiger partial charge on any atom is 0.339 e. The first-order valence-corrected chi connectivity index (χ1v) is 8.57. The lowest BCUT2D eigenvalue weighted by atomic mass is 10.0. The Morgan fingerprint density at radius 2 is 1.89 bits per heavy atom. The molecule has 6 heteroatoms. The van der Waals surface area contributed by atoms with E-state index in [2.05, 4.69) is 4.98 Å². The van der Waals surface area contributed by atoms with Crippen LogP contribution in [0.25, 0.3) is 16.5 Å². The van der Waals surface area contributed by atoms with Gasteiger partial charge in [0.2, 0.25) is 0 Å². The van der Waals surface area contributed by atoms with Crippen molar-refractivity contribution in [3.8, 4) is 0 Å². The molecular formula is C21H17FN2O3. The van der Waals surface area contributed by atoms with E-state index < -0.39 is 5.97 Å². The van der Waals surface area contributed by atoms with Gasteiger partial charge in [-0.2, -0.15) is 0 Å². The molecule has 0 unspecified atom stereocenters. The third kappa shape index (κ3) is 2.99. The predicted octanol–water partition coefficient (Wildman–Crippen LogP) is 3.74. The van der Waals surface area contributed by atoms with Crippen LogP contribution >= 0.6 is 0 Å². The summed E-state index contributed by atoms with van der Waals surface area (Å²) in [7, 11) is 0. The monoisotopic (exact) mass is 364 g/mol. The van der Waals surface area contributed by atoms with Gasteiger partial charge < -0.3 is 15.0 Å². The van der Waals surface area contributed by atoms with Gasteiger partial charge in [0.25, 0.3) is 5.91 Å². The Labute approximate surface area is 154 Å². The summed E-state index contributed by atoms with van der Waals surface area (Å²) in [5.74, 6) is -1.80. The lowest BCUT2D eigenvalue weighted by molar-refractivity contribution is -0.130. The van der Waals surface area contributed by atoms with Gasteiger partial charge >= 0.3 is 5.97 Å². The summed E-state index contributed by atoms with van der Waals surface area (Å²) in [6.07, 6.45) is 1.78. The number of carbonyl (C=O) groups is 2. The van der Waals surface area contributed by atoms with E-state index in [1.165, 1.54) is 23.2 Å². The van der Waals surface area contributed by atoms with E-state index in [1.54, 1.807) is 18.2 Å². The van der Waals surface area contributed by atoms with Crippen LogP contribution in [0.2, 0.25) is 0 Å². The maximum absolute atomic E-state index is 13.7. The fourth-order valence-electron chi connectivity index (χ4n) is 3.41. The molecule has 2 N–H and O–H groups in total. The molecule has 0 radical (unpaired) electrons. The number of carbonyl (C=O) groups excluding carboxylic acids is 1. The lowest BCUT2D eigenvalue weighted by Crippen LogP contribution is -2.27. The second-order valence-corrected chi connectivity index (χ2v) is 6.63. The number of aliphatic carboxylic acids is 1. The first-order valence-electron chi connectivity index (χ1n) is 8.57. The fourth-order valence-corrected chi connectivity index (χ4v) is 3.41. The van der Waals surface area contributed by atoms with Crippen molar-refractivity contribution >= 4 is 28.4 Å². The first kappa shape index (κ1) is 17.0. The second kappa shape index (κ2) is 6.39. The van der Waals surface area contributed by atoms with Crippen molar-refractivity contribution in [1.29, 1.82) is 0 Å². The van der Waals surface area contributed by atoms with Gasteiger partial charge in [-0.15, -0.1) is 0 Å². The summed E-state index contributed by atoms with van der Waals surface area (Å²) in [5, 5.41) is 10.3. The number of aromatic nitrogens is 1. The van der Waals surface area contributed by atoms with Gasteiger partial charge in [0.1, 0.15) is 5.82 Å². The van der Waals surface area contributed by atoms with Crippen molar-refractivity contribution in [3.05, 3.63) is 76.9 Å². The van der Waals surface area contributed by atoms with Crippen LogP contribution < -0.4 is 0 Å². The van der Waals surface area contributed by atoms with Gasteiger partial charge in [0.05, 0.1) is 11.3 Å². The molecule has 1 aliphatic rings. The fraction of sp³-hybridized carbons (Fsp3) is 0.143. The van der Waals surface area contributed by atoms with Crippen LogP contribution in [0, 0.1) is 12.7 Å².